The molecule has 1 saturated carbocycles. The van der Waals surface area contributed by atoms with E-state index in [9.17, 15) is 13.6 Å². The zero-order chi connectivity index (χ0) is 25.1. The number of amides is 1. The average molecular weight is 503 g/mol. The molecule has 1 aliphatic carbocycles. The molecule has 3 heterocycles. The second-order valence-corrected chi connectivity index (χ2v) is 8.81. The Morgan fingerprint density at radius 2 is 2.00 bits per heavy atom. The van der Waals surface area contributed by atoms with Gasteiger partial charge in [0.15, 0.2) is 5.82 Å². The van der Waals surface area contributed by atoms with E-state index >= 15 is 0 Å². The molecule has 3 aromatic rings. The van der Waals surface area contributed by atoms with E-state index in [1.54, 1.807) is 30.3 Å². The molecule has 2 aliphatic rings. The molecule has 10 nitrogen and oxygen atoms in total. The third kappa shape index (κ3) is 5.24. The lowest BCUT2D eigenvalue weighted by atomic mass is 10.2. The number of fused-ring (bicyclic) bond motifs is 1. The van der Waals surface area contributed by atoms with Crippen LogP contribution >= 0.6 is 0 Å². The summed E-state index contributed by atoms with van der Waals surface area (Å²) in [5.41, 5.74) is 0.972. The molecular formula is C24H28F2N6O4. The molecule has 1 aromatic carbocycles. The zero-order valence-corrected chi connectivity index (χ0v) is 19.9. The van der Waals surface area contributed by atoms with Crippen molar-refractivity contribution >= 4 is 22.9 Å². The topological polar surface area (TPSA) is 104 Å². The van der Waals surface area contributed by atoms with Gasteiger partial charge in [-0.15, -0.1) is 0 Å². The number of aromatic nitrogens is 4. The van der Waals surface area contributed by atoms with Crippen LogP contribution in [0.25, 0.3) is 16.9 Å². The van der Waals surface area contributed by atoms with Crippen molar-refractivity contribution in [1.82, 2.24) is 24.8 Å². The molecule has 0 spiro atoms. The molecule has 0 unspecified atom stereocenters. The van der Waals surface area contributed by atoms with Crippen molar-refractivity contribution in [2.75, 3.05) is 44.9 Å². The summed E-state index contributed by atoms with van der Waals surface area (Å²) in [6, 6.07) is 8.49. The molecule has 1 amide bonds. The number of para-hydroxylation sites is 2. The Bertz CT molecular complexity index is 1220. The predicted molar refractivity (Wildman–Crippen MR) is 127 cm³/mol. The molecule has 0 radical (unpaired) electrons. The number of carbonyl (C=O) groups excluding carboxylic acids is 1. The van der Waals surface area contributed by atoms with E-state index < -0.39 is 12.2 Å². The number of nitrogens with one attached hydrogen (secondary N) is 1. The molecule has 192 valence electrons. The molecule has 12 heteroatoms. The van der Waals surface area contributed by atoms with Crippen LogP contribution in [0, 0.1) is 0 Å². The van der Waals surface area contributed by atoms with Gasteiger partial charge in [0.05, 0.1) is 24.2 Å². The summed E-state index contributed by atoms with van der Waals surface area (Å²) in [5, 5.41) is 2.94. The highest BCUT2D eigenvalue weighted by Crippen LogP contribution is 2.31. The standard InChI is InChI=1S/C24H28F2N6O4/c1-34-14-20(33)27-15-6-7-16(12-15)36-21-13-19(29-24(30-21)31-8-10-35-11-9-31)32-18-5-3-2-4-17(18)28-23(32)22(25)26/h2-5,13,15-16,22H,6-12,14H2,1H3,(H,27,33)/t15-,16-/m0/s1. The summed E-state index contributed by atoms with van der Waals surface area (Å²) in [7, 11) is 1.47. The number of halogens is 2. The number of methoxy groups -OCH3 is 1. The van der Waals surface area contributed by atoms with Crippen molar-refractivity contribution < 1.29 is 27.8 Å². The Labute approximate surface area is 206 Å². The molecule has 1 saturated heterocycles. The first kappa shape index (κ1) is 24.3. The minimum atomic E-state index is -2.80. The van der Waals surface area contributed by atoms with Gasteiger partial charge in [-0.3, -0.25) is 9.36 Å². The summed E-state index contributed by atoms with van der Waals surface area (Å²) in [4.78, 5) is 27.2. The van der Waals surface area contributed by atoms with E-state index in [0.29, 0.717) is 49.7 Å². The van der Waals surface area contributed by atoms with Crippen molar-refractivity contribution in [3.05, 3.63) is 36.2 Å². The first-order valence-corrected chi connectivity index (χ1v) is 11.9. The van der Waals surface area contributed by atoms with E-state index in [4.69, 9.17) is 14.2 Å². The van der Waals surface area contributed by atoms with Crippen molar-refractivity contribution in [2.45, 2.75) is 37.8 Å². The second-order valence-electron chi connectivity index (χ2n) is 8.81. The van der Waals surface area contributed by atoms with Crippen LogP contribution in [0.4, 0.5) is 14.7 Å². The molecule has 36 heavy (non-hydrogen) atoms. The number of ether oxygens (including phenoxy) is 3. The van der Waals surface area contributed by atoms with Gasteiger partial charge in [-0.25, -0.2) is 13.8 Å². The maximum atomic E-state index is 14.0. The summed E-state index contributed by atoms with van der Waals surface area (Å²) in [6.07, 6.45) is -0.892. The van der Waals surface area contributed by atoms with Gasteiger partial charge < -0.3 is 24.4 Å². The molecule has 2 atom stereocenters. The number of nitrogens with zero attached hydrogens (tertiary/aromatic N) is 5. The number of alkyl halides is 2. The number of benzene rings is 1. The molecule has 1 N–H and O–H groups in total. The van der Waals surface area contributed by atoms with Crippen molar-refractivity contribution in [2.24, 2.45) is 0 Å². The van der Waals surface area contributed by atoms with Gasteiger partial charge in [0, 0.05) is 38.7 Å². The number of carbonyl (C=O) groups is 1. The number of imidazole rings is 1. The molecule has 0 bridgehead atoms. The van der Waals surface area contributed by atoms with Crippen molar-refractivity contribution in [1.29, 1.82) is 0 Å². The Hall–Kier alpha value is -3.38. The second kappa shape index (κ2) is 10.7. The summed E-state index contributed by atoms with van der Waals surface area (Å²) in [6.45, 7) is 2.20. The fourth-order valence-corrected chi connectivity index (χ4v) is 4.66. The van der Waals surface area contributed by atoms with Gasteiger partial charge >= 0.3 is 0 Å². The van der Waals surface area contributed by atoms with Crippen LogP contribution in [0.3, 0.4) is 0 Å². The molecule has 1 aliphatic heterocycles. The minimum absolute atomic E-state index is 0.00549. The maximum Gasteiger partial charge on any atom is 0.296 e. The quantitative estimate of drug-likeness (QED) is 0.502. The Morgan fingerprint density at radius 1 is 1.19 bits per heavy atom. The van der Waals surface area contributed by atoms with Crippen LogP contribution in [0.15, 0.2) is 30.3 Å². The first-order valence-electron chi connectivity index (χ1n) is 11.9. The van der Waals surface area contributed by atoms with E-state index in [2.05, 4.69) is 20.3 Å². The molecule has 5 rings (SSSR count). The third-order valence-electron chi connectivity index (χ3n) is 6.29. The van der Waals surface area contributed by atoms with Crippen LogP contribution in [0.1, 0.15) is 31.5 Å². The number of hydrogen-bond donors (Lipinski definition) is 1. The molecular weight excluding hydrogens is 474 g/mol. The normalized spacial score (nSPS) is 20.3. The number of anilines is 1. The predicted octanol–water partition coefficient (Wildman–Crippen LogP) is 2.65. The number of hydrogen-bond acceptors (Lipinski definition) is 8. The fraction of sp³-hybridized carbons (Fsp3) is 0.500. The Balaban J connectivity index is 1.47. The monoisotopic (exact) mass is 502 g/mol. The smallest absolute Gasteiger partial charge is 0.296 e. The van der Waals surface area contributed by atoms with Crippen LogP contribution in [0.2, 0.25) is 0 Å². The van der Waals surface area contributed by atoms with Gasteiger partial charge in [-0.05, 0) is 25.0 Å². The van der Waals surface area contributed by atoms with Crippen LogP contribution in [-0.4, -0.2) is 77.6 Å². The summed E-state index contributed by atoms with van der Waals surface area (Å²) in [5.74, 6) is 0.359. The van der Waals surface area contributed by atoms with E-state index in [-0.39, 0.29) is 36.4 Å². The van der Waals surface area contributed by atoms with Crippen LogP contribution in [0.5, 0.6) is 5.88 Å². The third-order valence-corrected chi connectivity index (χ3v) is 6.29. The molecule has 2 fully saturated rings. The zero-order valence-electron chi connectivity index (χ0n) is 19.9. The summed E-state index contributed by atoms with van der Waals surface area (Å²) >= 11 is 0. The first-order chi connectivity index (χ1) is 17.5. The van der Waals surface area contributed by atoms with Gasteiger partial charge in [0.1, 0.15) is 18.5 Å². The van der Waals surface area contributed by atoms with Crippen molar-refractivity contribution in [3.8, 4) is 11.7 Å². The SMILES string of the molecule is COCC(=O)N[C@H]1CC[C@H](Oc2cc(-n3c(C(F)F)nc4ccccc43)nc(N3CCOCC3)n2)C1. The highest BCUT2D eigenvalue weighted by Gasteiger charge is 2.29. The lowest BCUT2D eigenvalue weighted by molar-refractivity contribution is -0.125. The average Bonchev–Trinajstić information content (AvgIpc) is 3.49. The fourth-order valence-electron chi connectivity index (χ4n) is 4.66. The largest absolute Gasteiger partial charge is 0.474 e. The van der Waals surface area contributed by atoms with Crippen molar-refractivity contribution in [3.63, 3.8) is 0 Å². The van der Waals surface area contributed by atoms with E-state index in [0.717, 1.165) is 12.8 Å². The van der Waals surface area contributed by atoms with E-state index in [1.807, 2.05) is 4.90 Å². The lowest BCUT2D eigenvalue weighted by Gasteiger charge is -2.27. The van der Waals surface area contributed by atoms with Gasteiger partial charge in [0.25, 0.3) is 6.43 Å². The number of morpholine rings is 1. The van der Waals surface area contributed by atoms with Crippen LogP contribution in [-0.2, 0) is 14.3 Å². The lowest BCUT2D eigenvalue weighted by Crippen LogP contribution is -2.37. The highest BCUT2D eigenvalue weighted by atomic mass is 19.3. The summed E-state index contributed by atoms with van der Waals surface area (Å²) < 4.78 is 45.9. The van der Waals surface area contributed by atoms with E-state index in [1.165, 1.54) is 11.7 Å². The van der Waals surface area contributed by atoms with Gasteiger partial charge in [-0.1, -0.05) is 12.1 Å². The molecule has 2 aromatic heterocycles. The number of rotatable bonds is 8. The Morgan fingerprint density at radius 3 is 2.78 bits per heavy atom. The van der Waals surface area contributed by atoms with Crippen LogP contribution < -0.4 is 15.0 Å². The maximum absolute atomic E-state index is 14.0. The van der Waals surface area contributed by atoms with Gasteiger partial charge in [-0.2, -0.15) is 9.97 Å². The minimum Gasteiger partial charge on any atom is -0.474 e. The van der Waals surface area contributed by atoms with Gasteiger partial charge in [0.2, 0.25) is 17.7 Å². The highest BCUT2D eigenvalue weighted by molar-refractivity contribution is 5.78. The Kier molecular flexibility index (Phi) is 7.23.